The lowest BCUT2D eigenvalue weighted by atomic mass is 10.2. The molecular formula is C20H25N5O4S. The van der Waals surface area contributed by atoms with Gasteiger partial charge in [-0.1, -0.05) is 0 Å². The molecule has 160 valence electrons. The van der Waals surface area contributed by atoms with Crippen LogP contribution in [0, 0.1) is 0 Å². The fraction of sp³-hybridized carbons (Fsp3) is 0.450. The highest BCUT2D eigenvalue weighted by Crippen LogP contribution is 2.36. The molecule has 0 spiro atoms. The molecule has 0 aliphatic heterocycles. The van der Waals surface area contributed by atoms with Crippen LogP contribution in [-0.2, 0) is 23.6 Å². The minimum Gasteiger partial charge on any atom is -0.462 e. The van der Waals surface area contributed by atoms with E-state index in [2.05, 4.69) is 14.8 Å². The first-order valence-corrected chi connectivity index (χ1v) is 11.3. The van der Waals surface area contributed by atoms with Crippen LogP contribution >= 0.6 is 0 Å². The summed E-state index contributed by atoms with van der Waals surface area (Å²) in [5.41, 5.74) is 0.423. The average Bonchev–Trinajstić information content (AvgIpc) is 3.22. The number of fused-ring (bicyclic) bond motifs is 1. The predicted molar refractivity (Wildman–Crippen MR) is 112 cm³/mol. The van der Waals surface area contributed by atoms with Gasteiger partial charge in [0, 0.05) is 24.3 Å². The predicted octanol–water partition coefficient (Wildman–Crippen LogP) is 1.80. The summed E-state index contributed by atoms with van der Waals surface area (Å²) >= 11 is 0. The quantitative estimate of drug-likeness (QED) is 0.611. The normalized spacial score (nSPS) is 15.6. The third-order valence-corrected chi connectivity index (χ3v) is 6.66. The summed E-state index contributed by atoms with van der Waals surface area (Å²) < 4.78 is 37.1. The summed E-state index contributed by atoms with van der Waals surface area (Å²) in [7, 11) is -1.94. The van der Waals surface area contributed by atoms with Crippen molar-refractivity contribution in [1.29, 1.82) is 0 Å². The van der Waals surface area contributed by atoms with E-state index in [-0.39, 0.29) is 34.5 Å². The van der Waals surface area contributed by atoms with Gasteiger partial charge < -0.3 is 4.74 Å². The molecule has 2 heterocycles. The number of aromatic nitrogens is 4. The summed E-state index contributed by atoms with van der Waals surface area (Å²) in [5, 5.41) is 4.36. The molecule has 9 nitrogen and oxygen atoms in total. The summed E-state index contributed by atoms with van der Waals surface area (Å²) in [6.45, 7) is 5.78. The first-order chi connectivity index (χ1) is 14.1. The first kappa shape index (κ1) is 20.5. The molecule has 2 aromatic heterocycles. The van der Waals surface area contributed by atoms with E-state index < -0.39 is 15.6 Å². The van der Waals surface area contributed by atoms with Crippen molar-refractivity contribution >= 4 is 20.9 Å². The molecule has 10 heteroatoms. The second kappa shape index (κ2) is 7.21. The number of benzene rings is 1. The molecule has 4 rings (SSSR count). The van der Waals surface area contributed by atoms with Gasteiger partial charge in [0.05, 0.1) is 34.6 Å². The molecule has 0 radical (unpaired) electrons. The number of hydrogen-bond acceptors (Lipinski definition) is 6. The maximum Gasteiger partial charge on any atom is 0.300 e. The monoisotopic (exact) mass is 431 g/mol. The Balaban J connectivity index is 1.83. The van der Waals surface area contributed by atoms with Crippen molar-refractivity contribution in [2.45, 2.75) is 56.7 Å². The summed E-state index contributed by atoms with van der Waals surface area (Å²) in [4.78, 5) is 17.9. The second-order valence-corrected chi connectivity index (χ2v) is 10.0. The number of nitrogens with one attached hydrogen (secondary N) is 1. The molecule has 1 aromatic carbocycles. The molecule has 0 unspecified atom stereocenters. The number of nitrogens with zero attached hydrogens (tertiary/aromatic N) is 4. The average molecular weight is 432 g/mol. The third kappa shape index (κ3) is 4.10. The van der Waals surface area contributed by atoms with Crippen molar-refractivity contribution in [3.63, 3.8) is 0 Å². The van der Waals surface area contributed by atoms with Gasteiger partial charge in [-0.2, -0.15) is 10.1 Å². The van der Waals surface area contributed by atoms with Crippen LogP contribution in [0.15, 0.2) is 40.3 Å². The van der Waals surface area contributed by atoms with Crippen LogP contribution in [0.2, 0.25) is 0 Å². The SMILES string of the molecule is CC(C)Oc1nc2ccc(S(=O)(=O)NC3(C)CC3)cc2c(=O)n1Cc1cnn(C)c1. The van der Waals surface area contributed by atoms with Gasteiger partial charge in [0.25, 0.3) is 11.6 Å². The lowest BCUT2D eigenvalue weighted by Gasteiger charge is -2.16. The Morgan fingerprint density at radius 3 is 2.63 bits per heavy atom. The number of rotatable bonds is 7. The fourth-order valence-corrected chi connectivity index (χ4v) is 4.69. The number of aryl methyl sites for hydroxylation is 1. The molecule has 1 aliphatic carbocycles. The van der Waals surface area contributed by atoms with Crippen LogP contribution in [0.25, 0.3) is 10.9 Å². The van der Waals surface area contributed by atoms with E-state index in [9.17, 15) is 13.2 Å². The van der Waals surface area contributed by atoms with Gasteiger partial charge in [0.2, 0.25) is 10.0 Å². The molecule has 1 fully saturated rings. The van der Waals surface area contributed by atoms with Crippen molar-refractivity contribution in [2.75, 3.05) is 0 Å². The Bertz CT molecular complexity index is 1270. The molecule has 3 aromatic rings. The van der Waals surface area contributed by atoms with Crippen molar-refractivity contribution in [1.82, 2.24) is 24.1 Å². The van der Waals surface area contributed by atoms with Gasteiger partial charge in [-0.25, -0.2) is 13.1 Å². The lowest BCUT2D eigenvalue weighted by Crippen LogP contribution is -2.34. The molecule has 0 bridgehead atoms. The van der Waals surface area contributed by atoms with Crippen molar-refractivity contribution < 1.29 is 13.2 Å². The van der Waals surface area contributed by atoms with Crippen LogP contribution in [0.5, 0.6) is 6.01 Å². The van der Waals surface area contributed by atoms with Crippen molar-refractivity contribution in [3.8, 4) is 6.01 Å². The van der Waals surface area contributed by atoms with Gasteiger partial charge in [-0.15, -0.1) is 0 Å². The lowest BCUT2D eigenvalue weighted by molar-refractivity contribution is 0.210. The Kier molecular flexibility index (Phi) is 4.94. The number of ether oxygens (including phenoxy) is 1. The molecular weight excluding hydrogens is 406 g/mol. The van der Waals surface area contributed by atoms with Crippen LogP contribution in [0.4, 0.5) is 0 Å². The Morgan fingerprint density at radius 2 is 2.03 bits per heavy atom. The minimum absolute atomic E-state index is 0.0486. The van der Waals surface area contributed by atoms with Gasteiger partial charge >= 0.3 is 0 Å². The van der Waals surface area contributed by atoms with Gasteiger partial charge in [0.15, 0.2) is 0 Å². The van der Waals surface area contributed by atoms with Gasteiger partial charge in [-0.3, -0.25) is 14.0 Å². The molecule has 1 saturated carbocycles. The summed E-state index contributed by atoms with van der Waals surface area (Å²) in [5.74, 6) is 0. The molecule has 0 atom stereocenters. The Labute approximate surface area is 174 Å². The van der Waals surface area contributed by atoms with E-state index in [4.69, 9.17) is 4.74 Å². The maximum atomic E-state index is 13.3. The standard InChI is InChI=1S/C20H25N5O4S/c1-13(2)29-19-22-17-6-5-15(30(27,28)23-20(3)7-8-20)9-16(17)18(26)25(19)12-14-10-21-24(4)11-14/h5-6,9-11,13,23H,7-8,12H2,1-4H3. The highest BCUT2D eigenvalue weighted by atomic mass is 32.2. The van der Waals surface area contributed by atoms with Gasteiger partial charge in [0.1, 0.15) is 0 Å². The van der Waals surface area contributed by atoms with E-state index in [1.165, 1.54) is 16.7 Å². The summed E-state index contributed by atoms with van der Waals surface area (Å²) in [6, 6.07) is 4.58. The zero-order valence-electron chi connectivity index (χ0n) is 17.4. The van der Waals surface area contributed by atoms with E-state index in [1.807, 2.05) is 20.8 Å². The fourth-order valence-electron chi connectivity index (χ4n) is 3.20. The summed E-state index contributed by atoms with van der Waals surface area (Å²) in [6.07, 6.45) is 4.88. The zero-order chi connectivity index (χ0) is 21.7. The molecule has 1 aliphatic rings. The van der Waals surface area contributed by atoms with Crippen LogP contribution in [-0.4, -0.2) is 39.4 Å². The maximum absolute atomic E-state index is 13.3. The second-order valence-electron chi connectivity index (χ2n) is 8.32. The largest absolute Gasteiger partial charge is 0.462 e. The zero-order valence-corrected chi connectivity index (χ0v) is 18.2. The van der Waals surface area contributed by atoms with E-state index >= 15 is 0 Å². The van der Waals surface area contributed by atoms with Gasteiger partial charge in [-0.05, 0) is 51.8 Å². The van der Waals surface area contributed by atoms with Crippen LogP contribution in [0.3, 0.4) is 0 Å². The van der Waals surface area contributed by atoms with E-state index in [0.717, 1.165) is 18.4 Å². The smallest absolute Gasteiger partial charge is 0.300 e. The highest BCUT2D eigenvalue weighted by molar-refractivity contribution is 7.89. The van der Waals surface area contributed by atoms with Crippen molar-refractivity contribution in [3.05, 3.63) is 46.5 Å². The first-order valence-electron chi connectivity index (χ1n) is 9.79. The molecule has 0 amide bonds. The number of sulfonamides is 1. The van der Waals surface area contributed by atoms with Crippen molar-refractivity contribution in [2.24, 2.45) is 7.05 Å². The highest BCUT2D eigenvalue weighted by Gasteiger charge is 2.41. The van der Waals surface area contributed by atoms with E-state index in [1.54, 1.807) is 30.2 Å². The van der Waals surface area contributed by atoms with Crippen LogP contribution < -0.4 is 15.0 Å². The third-order valence-electron chi connectivity index (χ3n) is 5.02. The van der Waals surface area contributed by atoms with Crippen LogP contribution in [0.1, 0.15) is 39.2 Å². The Morgan fingerprint density at radius 1 is 1.30 bits per heavy atom. The van der Waals surface area contributed by atoms with E-state index in [0.29, 0.717) is 5.52 Å². The number of hydrogen-bond donors (Lipinski definition) is 1. The molecule has 0 saturated heterocycles. The minimum atomic E-state index is -3.73. The molecule has 1 N–H and O–H groups in total. The molecule has 30 heavy (non-hydrogen) atoms. The topological polar surface area (TPSA) is 108 Å². The Hall–Kier alpha value is -2.72.